The Kier molecular flexibility index (Phi) is 15.3. The van der Waals surface area contributed by atoms with E-state index in [-0.39, 0.29) is 24.6 Å². The van der Waals surface area contributed by atoms with Crippen LogP contribution in [0, 0.1) is 40.5 Å². The highest BCUT2D eigenvalue weighted by Gasteiger charge is 2.37. The summed E-state index contributed by atoms with van der Waals surface area (Å²) >= 11 is 0. The van der Waals surface area contributed by atoms with E-state index in [0.29, 0.717) is 18.0 Å². The molecule has 2 N–H and O–H groups in total. The van der Waals surface area contributed by atoms with E-state index >= 15 is 0 Å². The standard InChI is InChI=1S/C8H16N8O8.C8H18/c17-12(18)7-4-2-1-3-5-11(15(21)22)10-14(16(23)24)9-8(6-7)13(19)20;1-3-5-7-8-6-4-2/h7-10H,1-6H2;3-8H2,1-2H3. The molecule has 2 unspecified atom stereocenters. The second kappa shape index (κ2) is 16.8. The molecule has 0 radical (unpaired) electrons. The molecule has 0 bridgehead atoms. The Morgan fingerprint density at radius 1 is 0.812 bits per heavy atom. The molecule has 1 aliphatic heterocycles. The van der Waals surface area contributed by atoms with Crippen LogP contribution in [0.1, 0.15) is 84.5 Å². The largest absolute Gasteiger partial charge is 0.294 e. The van der Waals surface area contributed by atoms with Crippen LogP contribution in [0.5, 0.6) is 0 Å². The maximum Gasteiger partial charge on any atom is 0.294 e. The number of nitrogens with zero attached hydrogens (tertiary/aromatic N) is 6. The molecule has 16 heteroatoms. The Morgan fingerprint density at radius 3 is 1.84 bits per heavy atom. The Balaban J connectivity index is 0.00000102. The fourth-order valence-electron chi connectivity index (χ4n) is 2.96. The number of nitro groups is 4. The molecule has 0 saturated carbocycles. The Bertz CT molecular complexity index is 548. The lowest BCUT2D eigenvalue weighted by Crippen LogP contribution is -2.63. The fraction of sp³-hybridized carbons (Fsp3) is 1.00. The molecular weight excluding hydrogens is 432 g/mol. The number of hydrogen-bond donors (Lipinski definition) is 2. The zero-order valence-corrected chi connectivity index (χ0v) is 18.6. The van der Waals surface area contributed by atoms with Crippen LogP contribution in [-0.2, 0) is 0 Å². The van der Waals surface area contributed by atoms with Crippen LogP contribution in [0.3, 0.4) is 0 Å². The third kappa shape index (κ3) is 12.7. The summed E-state index contributed by atoms with van der Waals surface area (Å²) in [5.41, 5.74) is 3.60. The summed E-state index contributed by atoms with van der Waals surface area (Å²) in [5.74, 6) is 0. The molecule has 0 amide bonds. The molecule has 0 aromatic heterocycles. The van der Waals surface area contributed by atoms with Crippen molar-refractivity contribution in [1.82, 2.24) is 21.3 Å². The van der Waals surface area contributed by atoms with Gasteiger partial charge in [-0.3, -0.25) is 20.2 Å². The van der Waals surface area contributed by atoms with Crippen molar-refractivity contribution in [3.8, 4) is 0 Å². The van der Waals surface area contributed by atoms with Gasteiger partial charge in [0.1, 0.15) is 0 Å². The molecule has 32 heavy (non-hydrogen) atoms. The van der Waals surface area contributed by atoms with Crippen LogP contribution < -0.4 is 11.0 Å². The quantitative estimate of drug-likeness (QED) is 0.286. The zero-order valence-electron chi connectivity index (χ0n) is 18.6. The second-order valence-electron chi connectivity index (χ2n) is 7.38. The summed E-state index contributed by atoms with van der Waals surface area (Å²) < 4.78 is 0. The van der Waals surface area contributed by atoms with Gasteiger partial charge in [0.05, 0.1) is 18.2 Å². The Morgan fingerprint density at radius 2 is 1.41 bits per heavy atom. The van der Waals surface area contributed by atoms with Gasteiger partial charge in [-0.1, -0.05) is 64.2 Å². The Hall–Kier alpha value is -2.88. The lowest BCUT2D eigenvalue weighted by atomic mass is 10.0. The zero-order chi connectivity index (χ0) is 24.5. The fourth-order valence-corrected chi connectivity index (χ4v) is 2.96. The van der Waals surface area contributed by atoms with E-state index in [4.69, 9.17) is 0 Å². The first kappa shape index (κ1) is 29.1. The second-order valence-corrected chi connectivity index (χ2v) is 7.38. The lowest BCUT2D eigenvalue weighted by molar-refractivity contribution is -0.755. The van der Waals surface area contributed by atoms with E-state index in [1.807, 2.05) is 5.43 Å². The minimum Gasteiger partial charge on any atom is -0.264 e. The number of rotatable bonds is 9. The van der Waals surface area contributed by atoms with E-state index < -0.39 is 38.5 Å². The van der Waals surface area contributed by atoms with Crippen molar-refractivity contribution in [3.05, 3.63) is 40.5 Å². The number of hydrazine groups is 5. The third-order valence-corrected chi connectivity index (χ3v) is 4.75. The monoisotopic (exact) mass is 466 g/mol. The van der Waals surface area contributed by atoms with Gasteiger partial charge in [-0.25, -0.2) is 20.2 Å². The molecule has 186 valence electrons. The lowest BCUT2D eigenvalue weighted by Gasteiger charge is -2.22. The predicted molar refractivity (Wildman–Crippen MR) is 113 cm³/mol. The van der Waals surface area contributed by atoms with Crippen molar-refractivity contribution in [3.63, 3.8) is 0 Å². The van der Waals surface area contributed by atoms with Gasteiger partial charge in [-0.15, -0.1) is 0 Å². The van der Waals surface area contributed by atoms with Crippen LogP contribution in [0.25, 0.3) is 0 Å². The van der Waals surface area contributed by atoms with Gasteiger partial charge >= 0.3 is 0 Å². The topological polar surface area (TPSA) is 203 Å². The van der Waals surface area contributed by atoms with Crippen LogP contribution in [0.2, 0.25) is 0 Å². The van der Waals surface area contributed by atoms with Crippen molar-refractivity contribution in [2.24, 2.45) is 0 Å². The Labute approximate surface area is 185 Å². The van der Waals surface area contributed by atoms with E-state index in [0.717, 1.165) is 0 Å². The van der Waals surface area contributed by atoms with Crippen LogP contribution in [0.15, 0.2) is 0 Å². The minimum absolute atomic E-state index is 0.0311. The van der Waals surface area contributed by atoms with Crippen molar-refractivity contribution in [1.29, 1.82) is 0 Å². The first-order valence-electron chi connectivity index (χ1n) is 10.8. The number of nitrogens with one attached hydrogen (secondary N) is 2. The highest BCUT2D eigenvalue weighted by molar-refractivity contribution is 4.63. The molecule has 1 fully saturated rings. The van der Waals surface area contributed by atoms with Gasteiger partial charge < -0.3 is 0 Å². The van der Waals surface area contributed by atoms with Crippen molar-refractivity contribution < 1.29 is 19.9 Å². The van der Waals surface area contributed by atoms with Gasteiger partial charge in [0.2, 0.25) is 6.04 Å². The first-order chi connectivity index (χ1) is 15.1. The summed E-state index contributed by atoms with van der Waals surface area (Å²) in [6, 6.07) is -1.26. The molecule has 1 saturated heterocycles. The van der Waals surface area contributed by atoms with Crippen LogP contribution in [0.4, 0.5) is 0 Å². The average molecular weight is 466 g/mol. The van der Waals surface area contributed by atoms with Gasteiger partial charge in [-0.2, -0.15) is 0 Å². The summed E-state index contributed by atoms with van der Waals surface area (Å²) in [6.07, 6.45) is 7.04. The van der Waals surface area contributed by atoms with Crippen molar-refractivity contribution >= 4 is 0 Å². The molecule has 0 aliphatic carbocycles. The molecule has 0 aromatic carbocycles. The molecule has 1 aliphatic rings. The minimum atomic E-state index is -1.87. The normalized spacial score (nSPS) is 20.2. The molecule has 0 aromatic rings. The molecule has 1 heterocycles. The van der Waals surface area contributed by atoms with Gasteiger partial charge in [0, 0.05) is 16.3 Å². The van der Waals surface area contributed by atoms with Gasteiger partial charge in [0.15, 0.2) is 10.1 Å². The molecule has 0 spiro atoms. The van der Waals surface area contributed by atoms with Gasteiger partial charge in [0.25, 0.3) is 6.17 Å². The first-order valence-corrected chi connectivity index (χ1v) is 10.8. The molecular formula is C16H34N8O8. The highest BCUT2D eigenvalue weighted by Crippen LogP contribution is 2.14. The average Bonchev–Trinajstić information content (AvgIpc) is 2.71. The van der Waals surface area contributed by atoms with E-state index in [1.165, 1.54) is 38.5 Å². The number of unbranched alkanes of at least 4 members (excludes halogenated alkanes) is 5. The van der Waals surface area contributed by atoms with Crippen LogP contribution in [-0.4, -0.2) is 49.0 Å². The maximum atomic E-state index is 11.0. The third-order valence-electron chi connectivity index (χ3n) is 4.75. The summed E-state index contributed by atoms with van der Waals surface area (Å²) in [6.45, 7) is 4.28. The number of hydrogen-bond acceptors (Lipinski definition) is 10. The highest BCUT2D eigenvalue weighted by atomic mass is 16.7. The predicted octanol–water partition coefficient (Wildman–Crippen LogP) is 2.48. The molecule has 1 rings (SSSR count). The van der Waals surface area contributed by atoms with E-state index in [9.17, 15) is 40.5 Å². The van der Waals surface area contributed by atoms with Crippen LogP contribution >= 0.6 is 0 Å². The molecule has 2 atom stereocenters. The summed E-state index contributed by atoms with van der Waals surface area (Å²) in [4.78, 5) is 42.2. The smallest absolute Gasteiger partial charge is 0.264 e. The van der Waals surface area contributed by atoms with Crippen molar-refractivity contribution in [2.75, 3.05) is 6.54 Å². The van der Waals surface area contributed by atoms with Gasteiger partial charge in [-0.05, 0) is 23.5 Å². The SMILES string of the molecule is CCCCCCCC.O=[N+]([O-])C1CCCCCN([N+](=O)[O-])NN([N+](=O)[O-])NC([N+](=O)[O-])C1. The summed E-state index contributed by atoms with van der Waals surface area (Å²) in [7, 11) is 0. The maximum absolute atomic E-state index is 11.0. The summed E-state index contributed by atoms with van der Waals surface area (Å²) in [5, 5.41) is 41.8. The van der Waals surface area contributed by atoms with E-state index in [1.54, 1.807) is 5.53 Å². The van der Waals surface area contributed by atoms with E-state index in [2.05, 4.69) is 13.8 Å². The molecule has 16 nitrogen and oxygen atoms in total. The van der Waals surface area contributed by atoms with Crippen molar-refractivity contribution in [2.45, 2.75) is 96.7 Å².